The van der Waals surface area contributed by atoms with Crippen LogP contribution in [0.5, 0.6) is 0 Å². The van der Waals surface area contributed by atoms with Crippen molar-refractivity contribution < 1.29 is 14.3 Å². The van der Waals surface area contributed by atoms with Gasteiger partial charge in [-0.2, -0.15) is 0 Å². The van der Waals surface area contributed by atoms with Gasteiger partial charge in [0.1, 0.15) is 19.1 Å². The molecule has 1 amide bonds. The van der Waals surface area contributed by atoms with E-state index in [-0.39, 0.29) is 30.1 Å². The molecule has 2 saturated carbocycles. The van der Waals surface area contributed by atoms with Crippen LogP contribution in [0, 0.1) is 25.2 Å². The number of carbonyl (C=O) groups is 1. The minimum atomic E-state index is -0.123. The lowest BCUT2D eigenvalue weighted by Gasteiger charge is -2.50. The molecule has 2 aliphatic carbocycles. The van der Waals surface area contributed by atoms with Crippen LogP contribution in [-0.4, -0.2) is 78.1 Å². The maximum Gasteiger partial charge on any atom is 0.410 e. The third-order valence-corrected chi connectivity index (χ3v) is 11.3. The number of carbonyl (C=O) groups excluding carboxylic acids is 1. The lowest BCUT2D eigenvalue weighted by atomic mass is 9.79. The van der Waals surface area contributed by atoms with Gasteiger partial charge in [-0.05, 0) is 80.4 Å². The second kappa shape index (κ2) is 12.9. The summed E-state index contributed by atoms with van der Waals surface area (Å²) in [7, 11) is 0. The number of amides is 1. The van der Waals surface area contributed by atoms with Crippen LogP contribution in [-0.2, 0) is 9.47 Å². The zero-order chi connectivity index (χ0) is 29.4. The van der Waals surface area contributed by atoms with Crippen LogP contribution >= 0.6 is 11.9 Å². The van der Waals surface area contributed by atoms with Gasteiger partial charge in [-0.15, -0.1) is 0 Å². The van der Waals surface area contributed by atoms with Crippen LogP contribution in [0.25, 0.3) is 0 Å². The summed E-state index contributed by atoms with van der Waals surface area (Å²) in [6.07, 6.45) is 9.04. The van der Waals surface area contributed by atoms with Crippen molar-refractivity contribution in [2.24, 2.45) is 11.3 Å². The first-order valence-corrected chi connectivity index (χ1v) is 17.3. The van der Waals surface area contributed by atoms with Crippen molar-refractivity contribution in [3.05, 3.63) is 34.9 Å². The maximum absolute atomic E-state index is 12.3. The molecule has 1 aromatic rings. The molecule has 6 atom stereocenters. The molecule has 0 radical (unpaired) electrons. The molecule has 5 aliphatic rings. The van der Waals surface area contributed by atoms with Crippen LogP contribution < -0.4 is 15.4 Å². The number of hydrogen-bond donors (Lipinski definition) is 3. The van der Waals surface area contributed by atoms with Gasteiger partial charge in [-0.3, -0.25) is 15.5 Å². The first kappa shape index (κ1) is 30.7. The minimum Gasteiger partial charge on any atom is -0.448 e. The Balaban J connectivity index is 1.25. The van der Waals surface area contributed by atoms with Gasteiger partial charge in [-0.1, -0.05) is 57.3 Å². The van der Waals surface area contributed by atoms with Crippen LogP contribution in [0.4, 0.5) is 4.79 Å². The average Bonchev–Trinajstić information content (AvgIpc) is 3.33. The van der Waals surface area contributed by atoms with Gasteiger partial charge in [0.25, 0.3) is 0 Å². The summed E-state index contributed by atoms with van der Waals surface area (Å²) >= 11 is 1.92. The van der Waals surface area contributed by atoms with Gasteiger partial charge >= 0.3 is 6.09 Å². The average molecular weight is 600 g/mol. The summed E-state index contributed by atoms with van der Waals surface area (Å²) in [6, 6.07) is 8.00. The second-order valence-corrected chi connectivity index (χ2v) is 15.9. The molecule has 1 aromatic carbocycles. The standard InChI is InChI=1S/C33H53N5O3S/c1-21-8-6-9-22(2)30(21)28-17-29-35-31(34-28)36-42-27-11-7-10-23(14-27)19-38(26(20-41-29)18-33(3,4)5)25-15-24(16-25)37-12-13-40-32(37)39/h6,8-9,23-29,31,34-36H,7,10-20H2,1-5H3/t23?,24?,25?,26-,27?,28?,29?,31?/m1/s1. The highest BCUT2D eigenvalue weighted by atomic mass is 32.2. The number of nitrogens with zero attached hydrogens (tertiary/aromatic N) is 2. The molecule has 6 rings (SSSR count). The fraction of sp³-hybridized carbons (Fsp3) is 0.788. The molecule has 0 spiro atoms. The van der Waals surface area contributed by atoms with Crippen molar-refractivity contribution in [3.63, 3.8) is 0 Å². The zero-order valence-corrected chi connectivity index (χ0v) is 27.2. The van der Waals surface area contributed by atoms with Gasteiger partial charge in [0, 0.05) is 42.4 Å². The normalized spacial score (nSPS) is 36.8. The fourth-order valence-corrected chi connectivity index (χ4v) is 9.27. The van der Waals surface area contributed by atoms with Crippen molar-refractivity contribution in [2.45, 2.75) is 128 Å². The second-order valence-electron chi connectivity index (χ2n) is 14.8. The Kier molecular flexibility index (Phi) is 9.44. The van der Waals surface area contributed by atoms with Crippen LogP contribution in [0.1, 0.15) is 94.9 Å². The molecule has 0 aromatic heterocycles. The SMILES string of the molecule is Cc1cccc(C)c1C1CC2NC(NSC3CCCC(C3)CN(C3CC(N4CCOC4=O)C3)[C@H](CC(C)(C)C)CO2)N1. The number of ether oxygens (including phenoxy) is 2. The highest BCUT2D eigenvalue weighted by Crippen LogP contribution is 2.39. The predicted molar refractivity (Wildman–Crippen MR) is 169 cm³/mol. The van der Waals surface area contributed by atoms with Crippen molar-refractivity contribution in [1.29, 1.82) is 0 Å². The maximum atomic E-state index is 12.3. The van der Waals surface area contributed by atoms with Crippen molar-refractivity contribution in [1.82, 2.24) is 25.2 Å². The van der Waals surface area contributed by atoms with E-state index in [2.05, 4.69) is 73.1 Å². The molecule has 9 heteroatoms. The molecule has 3 heterocycles. The lowest BCUT2D eigenvalue weighted by Crippen LogP contribution is -2.62. The van der Waals surface area contributed by atoms with Crippen molar-refractivity contribution in [2.75, 3.05) is 26.3 Å². The quantitative estimate of drug-likeness (QED) is 0.395. The van der Waals surface area contributed by atoms with Gasteiger partial charge in [0.2, 0.25) is 0 Å². The molecule has 3 N–H and O–H groups in total. The third-order valence-electron chi connectivity index (χ3n) is 10.2. The van der Waals surface area contributed by atoms with E-state index >= 15 is 0 Å². The number of nitrogens with one attached hydrogen (secondary N) is 3. The fourth-order valence-electron chi connectivity index (χ4n) is 8.15. The first-order valence-electron chi connectivity index (χ1n) is 16.4. The highest BCUT2D eigenvalue weighted by molar-refractivity contribution is 7.98. The molecule has 234 valence electrons. The van der Waals surface area contributed by atoms with E-state index in [1.807, 2.05) is 16.8 Å². The monoisotopic (exact) mass is 599 g/mol. The number of aryl methyl sites for hydroxylation is 2. The Hall–Kier alpha value is -1.36. The topological polar surface area (TPSA) is 78.1 Å². The summed E-state index contributed by atoms with van der Waals surface area (Å²) in [5.41, 5.74) is 4.27. The Morgan fingerprint density at radius 1 is 1.02 bits per heavy atom. The van der Waals surface area contributed by atoms with E-state index in [1.165, 1.54) is 42.4 Å². The molecule has 5 unspecified atom stereocenters. The highest BCUT2D eigenvalue weighted by Gasteiger charge is 2.45. The molecule has 3 saturated heterocycles. The van der Waals surface area contributed by atoms with E-state index in [9.17, 15) is 4.79 Å². The number of rotatable bonds is 4. The van der Waals surface area contributed by atoms with E-state index in [0.29, 0.717) is 35.9 Å². The molecule has 8 nitrogen and oxygen atoms in total. The summed E-state index contributed by atoms with van der Waals surface area (Å²) in [4.78, 5) is 17.1. The molecule has 3 aliphatic heterocycles. The number of benzene rings is 1. The Labute approximate surface area is 257 Å². The largest absolute Gasteiger partial charge is 0.448 e. The molecular weight excluding hydrogens is 546 g/mol. The van der Waals surface area contributed by atoms with Crippen molar-refractivity contribution >= 4 is 18.0 Å². The van der Waals surface area contributed by atoms with E-state index in [1.54, 1.807) is 0 Å². The van der Waals surface area contributed by atoms with Gasteiger partial charge in [-0.25, -0.2) is 9.52 Å². The summed E-state index contributed by atoms with van der Waals surface area (Å²) < 4.78 is 16.0. The zero-order valence-electron chi connectivity index (χ0n) is 26.4. The predicted octanol–water partition coefficient (Wildman–Crippen LogP) is 5.45. The van der Waals surface area contributed by atoms with E-state index in [4.69, 9.17) is 9.47 Å². The number of cyclic esters (lactones) is 1. The minimum absolute atomic E-state index is 0.0105. The first-order chi connectivity index (χ1) is 20.1. The van der Waals surface area contributed by atoms with Gasteiger partial charge < -0.3 is 14.4 Å². The lowest BCUT2D eigenvalue weighted by molar-refractivity contribution is -0.0718. The Morgan fingerprint density at radius 2 is 1.81 bits per heavy atom. The third kappa shape index (κ3) is 7.13. The Bertz CT molecular complexity index is 1070. The molecular formula is C33H53N5O3S. The van der Waals surface area contributed by atoms with Crippen LogP contribution in [0.15, 0.2) is 18.2 Å². The number of fused-ring (bicyclic) bond motifs is 4. The summed E-state index contributed by atoms with van der Waals surface area (Å²) in [5.74, 6) is 0.694. The molecule has 4 bridgehead atoms. The van der Waals surface area contributed by atoms with E-state index in [0.717, 1.165) is 45.4 Å². The number of hydrogen-bond acceptors (Lipinski definition) is 8. The van der Waals surface area contributed by atoms with Gasteiger partial charge in [0.05, 0.1) is 13.2 Å². The summed E-state index contributed by atoms with van der Waals surface area (Å²) in [6.45, 7) is 14.7. The van der Waals surface area contributed by atoms with Gasteiger partial charge in [0.15, 0.2) is 0 Å². The molecule has 42 heavy (non-hydrogen) atoms. The smallest absolute Gasteiger partial charge is 0.410 e. The van der Waals surface area contributed by atoms with Crippen LogP contribution in [0.3, 0.4) is 0 Å². The molecule has 5 fully saturated rings. The Morgan fingerprint density at radius 3 is 2.52 bits per heavy atom. The van der Waals surface area contributed by atoms with Crippen LogP contribution in [0.2, 0.25) is 0 Å². The summed E-state index contributed by atoms with van der Waals surface area (Å²) in [5, 5.41) is 8.26. The van der Waals surface area contributed by atoms with Crippen molar-refractivity contribution in [3.8, 4) is 0 Å². The van der Waals surface area contributed by atoms with E-state index < -0.39 is 0 Å².